The largest absolute Gasteiger partial charge is 0.454 e. The van der Waals surface area contributed by atoms with Gasteiger partial charge in [0.25, 0.3) is 0 Å². The van der Waals surface area contributed by atoms with E-state index in [9.17, 15) is 0 Å². The predicted molar refractivity (Wildman–Crippen MR) is 111 cm³/mol. The summed E-state index contributed by atoms with van der Waals surface area (Å²) in [5.74, 6) is 1.56. The van der Waals surface area contributed by atoms with Gasteiger partial charge in [-0.3, -0.25) is 0 Å². The summed E-state index contributed by atoms with van der Waals surface area (Å²) >= 11 is 0. The Hall–Kier alpha value is -3.26. The van der Waals surface area contributed by atoms with Gasteiger partial charge in [-0.15, -0.1) is 0 Å². The highest BCUT2D eigenvalue weighted by Gasteiger charge is 2.17. The Morgan fingerprint density at radius 3 is 1.81 bits per heavy atom. The fourth-order valence-electron chi connectivity index (χ4n) is 3.35. The van der Waals surface area contributed by atoms with Crippen LogP contribution in [0.2, 0.25) is 0 Å². The van der Waals surface area contributed by atoms with E-state index in [-0.39, 0.29) is 6.79 Å². The third kappa shape index (κ3) is 3.39. The van der Waals surface area contributed by atoms with Gasteiger partial charge in [0, 0.05) is 0 Å². The number of ether oxygens (including phenoxy) is 2. The Bertz CT molecular complexity index is 962. The summed E-state index contributed by atoms with van der Waals surface area (Å²) in [6.45, 7) is 8.59. The van der Waals surface area contributed by atoms with E-state index >= 15 is 0 Å². The first-order chi connectivity index (χ1) is 13.2. The van der Waals surface area contributed by atoms with Crippen molar-refractivity contribution in [2.45, 2.75) is 13.8 Å². The Balaban J connectivity index is 1.95. The second-order valence-electron chi connectivity index (χ2n) is 6.79. The van der Waals surface area contributed by atoms with Crippen LogP contribution in [0.15, 0.2) is 79.4 Å². The lowest BCUT2D eigenvalue weighted by molar-refractivity contribution is 0.174. The van der Waals surface area contributed by atoms with Gasteiger partial charge < -0.3 is 9.47 Å². The highest BCUT2D eigenvalue weighted by atomic mass is 16.7. The van der Waals surface area contributed by atoms with Gasteiger partial charge in [-0.1, -0.05) is 78.4 Å². The zero-order valence-corrected chi connectivity index (χ0v) is 15.7. The molecule has 0 saturated heterocycles. The van der Waals surface area contributed by atoms with Crippen LogP contribution in [-0.2, 0) is 0 Å². The first-order valence-electron chi connectivity index (χ1n) is 9.06. The quantitative estimate of drug-likeness (QED) is 0.411. The van der Waals surface area contributed by atoms with E-state index in [4.69, 9.17) is 9.47 Å². The molecule has 0 atom stereocenters. The number of hydrogen-bond donors (Lipinski definition) is 0. The van der Waals surface area contributed by atoms with E-state index in [1.807, 2.05) is 18.2 Å². The van der Waals surface area contributed by atoms with Crippen molar-refractivity contribution in [1.29, 1.82) is 0 Å². The molecule has 1 heterocycles. The number of benzene rings is 3. The summed E-state index contributed by atoms with van der Waals surface area (Å²) in [6.07, 6.45) is 1.92. The predicted octanol–water partition coefficient (Wildman–Crippen LogP) is 6.18. The monoisotopic (exact) mass is 354 g/mol. The second-order valence-corrected chi connectivity index (χ2v) is 6.79. The summed E-state index contributed by atoms with van der Waals surface area (Å²) < 4.78 is 11.0. The Kier molecular flexibility index (Phi) is 4.55. The molecule has 0 spiro atoms. The van der Waals surface area contributed by atoms with Crippen molar-refractivity contribution in [3.05, 3.63) is 107 Å². The molecule has 3 aromatic carbocycles. The standard InChI is InChI=1S/C25H22O2/c1-4-22(21-13-14-23-24(15-21)27-16-26-23)25(19-9-5-17(2)6-10-19)20-11-7-18(3)8-12-20/h4-15H,1,16H2,2-3H3. The van der Waals surface area contributed by atoms with Crippen LogP contribution in [0.3, 0.4) is 0 Å². The van der Waals surface area contributed by atoms with Crippen LogP contribution in [0.5, 0.6) is 11.5 Å². The third-order valence-corrected chi connectivity index (χ3v) is 4.84. The SMILES string of the molecule is C=CC(=C(c1ccc(C)cc1)c1ccc(C)cc1)c1ccc2c(c1)OCO2. The van der Waals surface area contributed by atoms with Gasteiger partial charge in [-0.2, -0.15) is 0 Å². The van der Waals surface area contributed by atoms with Crippen LogP contribution in [0.25, 0.3) is 11.1 Å². The first kappa shape index (κ1) is 17.2. The van der Waals surface area contributed by atoms with Crippen molar-refractivity contribution >= 4 is 11.1 Å². The molecular weight excluding hydrogens is 332 g/mol. The average Bonchev–Trinajstić information content (AvgIpc) is 3.16. The van der Waals surface area contributed by atoms with E-state index in [1.54, 1.807) is 0 Å². The lowest BCUT2D eigenvalue weighted by atomic mass is 9.88. The minimum absolute atomic E-state index is 0.273. The molecule has 4 rings (SSSR count). The lowest BCUT2D eigenvalue weighted by Gasteiger charge is -2.15. The molecular formula is C25H22O2. The maximum Gasteiger partial charge on any atom is 0.231 e. The topological polar surface area (TPSA) is 18.5 Å². The molecule has 0 bridgehead atoms. The van der Waals surface area contributed by atoms with Gasteiger partial charge >= 0.3 is 0 Å². The first-order valence-corrected chi connectivity index (χ1v) is 9.06. The fourth-order valence-corrected chi connectivity index (χ4v) is 3.35. The van der Waals surface area contributed by atoms with E-state index in [0.29, 0.717) is 0 Å². The van der Waals surface area contributed by atoms with Crippen molar-refractivity contribution in [3.8, 4) is 11.5 Å². The molecule has 0 fully saturated rings. The summed E-state index contributed by atoms with van der Waals surface area (Å²) in [6, 6.07) is 23.3. The maximum absolute atomic E-state index is 5.58. The van der Waals surface area contributed by atoms with Crippen LogP contribution in [0.1, 0.15) is 27.8 Å². The van der Waals surface area contributed by atoms with E-state index in [0.717, 1.165) is 39.3 Å². The molecule has 134 valence electrons. The van der Waals surface area contributed by atoms with E-state index in [2.05, 4.69) is 75.0 Å². The summed E-state index contributed by atoms with van der Waals surface area (Å²) in [7, 11) is 0. The van der Waals surface area contributed by atoms with Gasteiger partial charge in [0.15, 0.2) is 11.5 Å². The van der Waals surface area contributed by atoms with Crippen LogP contribution in [0.4, 0.5) is 0 Å². The normalized spacial score (nSPS) is 11.9. The van der Waals surface area contributed by atoms with Crippen molar-refractivity contribution in [3.63, 3.8) is 0 Å². The Morgan fingerprint density at radius 1 is 0.741 bits per heavy atom. The smallest absolute Gasteiger partial charge is 0.231 e. The molecule has 0 unspecified atom stereocenters. The molecule has 2 nitrogen and oxygen atoms in total. The van der Waals surface area contributed by atoms with Gasteiger partial charge in [0.05, 0.1) is 0 Å². The fraction of sp³-hybridized carbons (Fsp3) is 0.120. The van der Waals surface area contributed by atoms with Crippen LogP contribution in [0, 0.1) is 13.8 Å². The van der Waals surface area contributed by atoms with Crippen molar-refractivity contribution in [1.82, 2.24) is 0 Å². The molecule has 1 aliphatic rings. The van der Waals surface area contributed by atoms with Crippen LogP contribution >= 0.6 is 0 Å². The lowest BCUT2D eigenvalue weighted by Crippen LogP contribution is -1.95. The van der Waals surface area contributed by atoms with Crippen molar-refractivity contribution in [2.75, 3.05) is 6.79 Å². The Morgan fingerprint density at radius 2 is 1.26 bits per heavy atom. The van der Waals surface area contributed by atoms with E-state index < -0.39 is 0 Å². The molecule has 1 aliphatic heterocycles. The number of allylic oxidation sites excluding steroid dienone is 2. The number of hydrogen-bond acceptors (Lipinski definition) is 2. The number of fused-ring (bicyclic) bond motifs is 1. The molecule has 0 amide bonds. The third-order valence-electron chi connectivity index (χ3n) is 4.84. The van der Waals surface area contributed by atoms with Crippen LogP contribution in [-0.4, -0.2) is 6.79 Å². The van der Waals surface area contributed by atoms with E-state index in [1.165, 1.54) is 11.1 Å². The zero-order valence-electron chi connectivity index (χ0n) is 15.7. The Labute approximate surface area is 160 Å². The number of aryl methyl sites for hydroxylation is 2. The van der Waals surface area contributed by atoms with Crippen molar-refractivity contribution in [2.24, 2.45) is 0 Å². The summed E-state index contributed by atoms with van der Waals surface area (Å²) in [5.41, 5.74) is 8.10. The molecule has 0 aliphatic carbocycles. The zero-order chi connectivity index (χ0) is 18.8. The molecule has 0 radical (unpaired) electrons. The molecule has 0 saturated carbocycles. The average molecular weight is 354 g/mol. The minimum atomic E-state index is 0.273. The molecule has 0 N–H and O–H groups in total. The molecule has 2 heteroatoms. The van der Waals surface area contributed by atoms with Gasteiger partial charge in [0.2, 0.25) is 6.79 Å². The van der Waals surface area contributed by atoms with Gasteiger partial charge in [-0.25, -0.2) is 0 Å². The van der Waals surface area contributed by atoms with Crippen LogP contribution < -0.4 is 9.47 Å². The molecule has 0 aromatic heterocycles. The summed E-state index contributed by atoms with van der Waals surface area (Å²) in [5, 5.41) is 0. The van der Waals surface area contributed by atoms with Crippen molar-refractivity contribution < 1.29 is 9.47 Å². The highest BCUT2D eigenvalue weighted by molar-refractivity contribution is 6.02. The van der Waals surface area contributed by atoms with Gasteiger partial charge in [-0.05, 0) is 53.8 Å². The van der Waals surface area contributed by atoms with Gasteiger partial charge in [0.1, 0.15) is 0 Å². The minimum Gasteiger partial charge on any atom is -0.454 e. The highest BCUT2D eigenvalue weighted by Crippen LogP contribution is 2.38. The molecule has 27 heavy (non-hydrogen) atoms. The number of rotatable bonds is 4. The second kappa shape index (κ2) is 7.16. The summed E-state index contributed by atoms with van der Waals surface area (Å²) in [4.78, 5) is 0. The maximum atomic E-state index is 5.58. The molecule has 3 aromatic rings.